The van der Waals surface area contributed by atoms with Gasteiger partial charge in [-0.05, 0) is 31.0 Å². The van der Waals surface area contributed by atoms with Gasteiger partial charge in [-0.2, -0.15) is 4.99 Å². The van der Waals surface area contributed by atoms with Gasteiger partial charge in [-0.3, -0.25) is 4.79 Å². The van der Waals surface area contributed by atoms with Crippen LogP contribution in [-0.2, 0) is 14.6 Å². The molecule has 25 heavy (non-hydrogen) atoms. The fraction of sp³-hybridized carbons (Fsp3) is 0.500. The molecule has 2 saturated heterocycles. The SMILES string of the molecule is COc1ccc(N2C(=NC(=O)C3CC3)S[C@@H]3CS(=O)(=O)C[C@@H]32)cc1Cl. The maximum Gasteiger partial charge on any atom is 0.251 e. The van der Waals surface area contributed by atoms with Crippen molar-refractivity contribution in [1.29, 1.82) is 0 Å². The Balaban J connectivity index is 1.73. The molecule has 6 nitrogen and oxygen atoms in total. The van der Waals surface area contributed by atoms with Gasteiger partial charge in [0.2, 0.25) is 0 Å². The molecule has 0 aromatic heterocycles. The van der Waals surface area contributed by atoms with Crippen molar-refractivity contribution in [2.45, 2.75) is 24.1 Å². The number of rotatable bonds is 3. The molecule has 1 aromatic carbocycles. The number of thioether (sulfide) groups is 1. The van der Waals surface area contributed by atoms with Gasteiger partial charge in [-0.15, -0.1) is 0 Å². The molecule has 134 valence electrons. The molecule has 4 rings (SSSR count). The maximum atomic E-state index is 12.2. The standard InChI is InChI=1S/C16H17ClN2O4S2/c1-23-13-5-4-10(6-11(13)17)19-12-7-25(21,22)8-14(12)24-16(19)18-15(20)9-2-3-9/h4-6,9,12,14H,2-3,7-8H2,1H3/t12-,14+/m0/s1. The van der Waals surface area contributed by atoms with E-state index < -0.39 is 9.84 Å². The van der Waals surface area contributed by atoms with Gasteiger partial charge in [0.1, 0.15) is 5.75 Å². The topological polar surface area (TPSA) is 76.0 Å². The van der Waals surface area contributed by atoms with E-state index in [1.807, 2.05) is 11.0 Å². The average Bonchev–Trinajstić information content (AvgIpc) is 3.28. The number of sulfone groups is 1. The predicted octanol–water partition coefficient (Wildman–Crippen LogP) is 2.36. The molecule has 3 aliphatic rings. The third-order valence-electron chi connectivity index (χ3n) is 4.61. The van der Waals surface area contributed by atoms with Crippen molar-refractivity contribution in [3.8, 4) is 5.75 Å². The summed E-state index contributed by atoms with van der Waals surface area (Å²) in [6.07, 6.45) is 1.77. The predicted molar refractivity (Wildman–Crippen MR) is 99.5 cm³/mol. The number of fused-ring (bicyclic) bond motifs is 1. The lowest BCUT2D eigenvalue weighted by molar-refractivity contribution is -0.118. The van der Waals surface area contributed by atoms with Gasteiger partial charge in [0.25, 0.3) is 5.91 Å². The number of hydrogen-bond acceptors (Lipinski definition) is 5. The van der Waals surface area contributed by atoms with E-state index in [0.717, 1.165) is 18.5 Å². The fourth-order valence-corrected chi connectivity index (χ4v) is 7.36. The van der Waals surface area contributed by atoms with E-state index in [0.29, 0.717) is 15.9 Å². The van der Waals surface area contributed by atoms with Crippen LogP contribution < -0.4 is 9.64 Å². The molecule has 0 N–H and O–H groups in total. The first-order valence-corrected chi connectivity index (χ1v) is 11.1. The zero-order valence-corrected chi connectivity index (χ0v) is 15.9. The summed E-state index contributed by atoms with van der Waals surface area (Å²) >= 11 is 7.61. The summed E-state index contributed by atoms with van der Waals surface area (Å²) in [7, 11) is -1.55. The third kappa shape index (κ3) is 3.27. The van der Waals surface area contributed by atoms with Crippen molar-refractivity contribution in [1.82, 2.24) is 0 Å². The molecule has 1 amide bonds. The number of halogens is 1. The first-order valence-electron chi connectivity index (χ1n) is 8.00. The Morgan fingerprint density at radius 3 is 2.76 bits per heavy atom. The Bertz CT molecular complexity index is 867. The Morgan fingerprint density at radius 1 is 1.36 bits per heavy atom. The van der Waals surface area contributed by atoms with Crippen molar-refractivity contribution < 1.29 is 17.9 Å². The first kappa shape index (κ1) is 17.2. The van der Waals surface area contributed by atoms with E-state index >= 15 is 0 Å². The second kappa shape index (κ2) is 6.17. The Labute approximate surface area is 155 Å². The zero-order chi connectivity index (χ0) is 17.8. The summed E-state index contributed by atoms with van der Waals surface area (Å²) < 4.78 is 29.3. The monoisotopic (exact) mass is 400 g/mol. The highest BCUT2D eigenvalue weighted by atomic mass is 35.5. The Hall–Kier alpha value is -1.25. The number of ether oxygens (including phenoxy) is 1. The second-order valence-electron chi connectivity index (χ2n) is 6.50. The molecule has 2 atom stereocenters. The van der Waals surface area contributed by atoms with Crippen molar-refractivity contribution in [3.63, 3.8) is 0 Å². The van der Waals surface area contributed by atoms with Crippen LogP contribution in [0.15, 0.2) is 23.2 Å². The number of benzene rings is 1. The lowest BCUT2D eigenvalue weighted by Crippen LogP contribution is -2.37. The minimum atomic E-state index is -3.09. The van der Waals surface area contributed by atoms with Gasteiger partial charge in [0.15, 0.2) is 15.0 Å². The van der Waals surface area contributed by atoms with Crippen LogP contribution in [0.5, 0.6) is 5.75 Å². The van der Waals surface area contributed by atoms with Gasteiger partial charge in [-0.1, -0.05) is 23.4 Å². The van der Waals surface area contributed by atoms with Crippen molar-refractivity contribution in [3.05, 3.63) is 23.2 Å². The van der Waals surface area contributed by atoms with E-state index in [1.165, 1.54) is 18.9 Å². The summed E-state index contributed by atoms with van der Waals surface area (Å²) in [4.78, 5) is 18.3. The van der Waals surface area contributed by atoms with E-state index in [4.69, 9.17) is 16.3 Å². The molecule has 2 aliphatic heterocycles. The lowest BCUT2D eigenvalue weighted by atomic mass is 10.2. The molecule has 3 fully saturated rings. The second-order valence-corrected chi connectivity index (χ2v) is 10.3. The number of nitrogens with zero attached hydrogens (tertiary/aromatic N) is 2. The highest BCUT2D eigenvalue weighted by Gasteiger charge is 2.49. The quantitative estimate of drug-likeness (QED) is 0.775. The van der Waals surface area contributed by atoms with Gasteiger partial charge in [0.05, 0.1) is 29.7 Å². The number of aliphatic imine (C=N–C) groups is 1. The number of carbonyl (C=O) groups is 1. The summed E-state index contributed by atoms with van der Waals surface area (Å²) in [6.45, 7) is 0. The molecule has 0 radical (unpaired) electrons. The molecular weight excluding hydrogens is 384 g/mol. The number of amidine groups is 1. The van der Waals surface area contributed by atoms with Crippen molar-refractivity contribution in [2.75, 3.05) is 23.5 Å². The van der Waals surface area contributed by atoms with E-state index in [1.54, 1.807) is 12.1 Å². The van der Waals surface area contributed by atoms with Crippen LogP contribution in [0.25, 0.3) is 0 Å². The van der Waals surface area contributed by atoms with E-state index in [-0.39, 0.29) is 34.6 Å². The fourth-order valence-electron chi connectivity index (χ4n) is 3.19. The summed E-state index contributed by atoms with van der Waals surface area (Å²) in [5.74, 6) is 0.624. The summed E-state index contributed by atoms with van der Waals surface area (Å²) in [5, 5.41) is 0.891. The molecule has 9 heteroatoms. The van der Waals surface area contributed by atoms with Crippen molar-refractivity contribution >= 4 is 50.0 Å². The maximum absolute atomic E-state index is 12.2. The number of methoxy groups -OCH3 is 1. The largest absolute Gasteiger partial charge is 0.495 e. The van der Waals surface area contributed by atoms with Crippen molar-refractivity contribution in [2.24, 2.45) is 10.9 Å². The van der Waals surface area contributed by atoms with Crippen LogP contribution in [-0.4, -0.2) is 49.4 Å². The van der Waals surface area contributed by atoms with Gasteiger partial charge in [0, 0.05) is 16.9 Å². The summed E-state index contributed by atoms with van der Waals surface area (Å²) in [5.41, 5.74) is 0.727. The number of amides is 1. The molecule has 1 aliphatic carbocycles. The third-order valence-corrected chi connectivity index (χ3v) is 8.12. The molecule has 0 spiro atoms. The highest BCUT2D eigenvalue weighted by Crippen LogP contribution is 2.43. The Kier molecular flexibility index (Phi) is 4.24. The zero-order valence-electron chi connectivity index (χ0n) is 13.5. The van der Waals surface area contributed by atoms with Crippen LogP contribution in [0.4, 0.5) is 5.69 Å². The number of anilines is 1. The van der Waals surface area contributed by atoms with E-state index in [2.05, 4.69) is 4.99 Å². The van der Waals surface area contributed by atoms with Gasteiger partial charge < -0.3 is 9.64 Å². The lowest BCUT2D eigenvalue weighted by Gasteiger charge is -2.25. The average molecular weight is 401 g/mol. The minimum absolute atomic E-state index is 0.0265. The smallest absolute Gasteiger partial charge is 0.251 e. The summed E-state index contributed by atoms with van der Waals surface area (Å²) in [6, 6.07) is 5.05. The van der Waals surface area contributed by atoms with Gasteiger partial charge in [-0.25, -0.2) is 8.42 Å². The molecular formula is C16H17ClN2O4S2. The number of carbonyl (C=O) groups excluding carboxylic acids is 1. The van der Waals surface area contributed by atoms with Crippen LogP contribution in [0.3, 0.4) is 0 Å². The Morgan fingerprint density at radius 2 is 2.12 bits per heavy atom. The molecule has 1 saturated carbocycles. The molecule has 2 heterocycles. The molecule has 1 aromatic rings. The molecule has 0 bridgehead atoms. The first-order chi connectivity index (χ1) is 11.9. The van der Waals surface area contributed by atoms with Crippen LogP contribution in [0.2, 0.25) is 5.02 Å². The van der Waals surface area contributed by atoms with Gasteiger partial charge >= 0.3 is 0 Å². The number of hydrogen-bond donors (Lipinski definition) is 0. The minimum Gasteiger partial charge on any atom is -0.495 e. The normalized spacial score (nSPS) is 29.0. The van der Waals surface area contributed by atoms with Crippen LogP contribution in [0.1, 0.15) is 12.8 Å². The van der Waals surface area contributed by atoms with Crippen LogP contribution in [0, 0.1) is 5.92 Å². The van der Waals surface area contributed by atoms with E-state index in [9.17, 15) is 13.2 Å². The van der Waals surface area contributed by atoms with Crippen LogP contribution >= 0.6 is 23.4 Å². The molecule has 0 unspecified atom stereocenters. The highest BCUT2D eigenvalue weighted by molar-refractivity contribution is 8.16.